The number of hydrogen-bond acceptors (Lipinski definition) is 8. The molecule has 1 N–H and O–H groups in total. The van der Waals surface area contributed by atoms with E-state index in [1.807, 2.05) is 0 Å². The van der Waals surface area contributed by atoms with Gasteiger partial charge in [-0.2, -0.15) is 0 Å². The van der Waals surface area contributed by atoms with Crippen LogP contribution in [0.5, 0.6) is 17.2 Å². The first-order valence-electron chi connectivity index (χ1n) is 10.8. The normalized spacial score (nSPS) is 15.4. The second kappa shape index (κ2) is 10.9. The third kappa shape index (κ3) is 4.92. The average molecular weight is 732 g/mol. The number of methoxy groups -OCH3 is 2. The van der Waals surface area contributed by atoms with Crippen LogP contribution in [0.4, 0.5) is 0 Å². The van der Waals surface area contributed by atoms with Gasteiger partial charge in [0.2, 0.25) is 0 Å². The third-order valence-electron chi connectivity index (χ3n) is 5.59. The first kappa shape index (κ1) is 26.7. The molecule has 4 rings (SSSR count). The van der Waals surface area contributed by atoms with Gasteiger partial charge < -0.3 is 19.3 Å². The molecule has 0 amide bonds. The zero-order valence-electron chi connectivity index (χ0n) is 19.8. The molecule has 0 radical (unpaired) electrons. The lowest BCUT2D eigenvalue weighted by Gasteiger charge is -2.26. The van der Waals surface area contributed by atoms with Gasteiger partial charge in [-0.1, -0.05) is 11.3 Å². The summed E-state index contributed by atoms with van der Waals surface area (Å²) in [4.78, 5) is 31.9. The topological polar surface area (TPSA) is 99.4 Å². The number of nitrogens with zero attached hydrogens (tertiary/aromatic N) is 2. The molecule has 1 aliphatic heterocycles. The first-order valence-corrected chi connectivity index (χ1v) is 13.8. The first-order chi connectivity index (χ1) is 17.2. The van der Waals surface area contributed by atoms with Crippen LogP contribution in [-0.2, 0) is 9.53 Å². The Labute approximate surface area is 238 Å². The molecule has 1 aromatic heterocycles. The molecule has 0 saturated heterocycles. The molecule has 1 aliphatic rings. The molecule has 1 atom stereocenters. The fraction of sp³-hybridized carbons (Fsp3) is 0.240. The summed E-state index contributed by atoms with van der Waals surface area (Å²) >= 11 is 5.34. The van der Waals surface area contributed by atoms with Crippen LogP contribution in [0.25, 0.3) is 6.08 Å². The van der Waals surface area contributed by atoms with Crippen LogP contribution in [0.15, 0.2) is 51.4 Å². The fourth-order valence-electron chi connectivity index (χ4n) is 3.95. The van der Waals surface area contributed by atoms with Gasteiger partial charge in [-0.15, -0.1) is 0 Å². The summed E-state index contributed by atoms with van der Waals surface area (Å²) in [5.74, 6) is 0.709. The minimum absolute atomic E-state index is 0.185. The lowest BCUT2D eigenvalue weighted by atomic mass is 9.95. The van der Waals surface area contributed by atoms with Gasteiger partial charge in [0.25, 0.3) is 5.56 Å². The summed E-state index contributed by atoms with van der Waals surface area (Å²) in [7, 11) is 3.08. The highest BCUT2D eigenvalue weighted by Crippen LogP contribution is 2.37. The minimum Gasteiger partial charge on any atom is -0.506 e. The van der Waals surface area contributed by atoms with E-state index in [-0.39, 0.29) is 23.5 Å². The lowest BCUT2D eigenvalue weighted by Crippen LogP contribution is -2.40. The molecule has 0 aliphatic carbocycles. The number of fused-ring (bicyclic) bond motifs is 1. The molecule has 0 fully saturated rings. The molecule has 0 unspecified atom stereocenters. The van der Waals surface area contributed by atoms with Crippen LogP contribution in [-0.4, -0.2) is 36.5 Å². The van der Waals surface area contributed by atoms with Crippen molar-refractivity contribution in [2.75, 3.05) is 20.8 Å². The van der Waals surface area contributed by atoms with Gasteiger partial charge >= 0.3 is 5.97 Å². The van der Waals surface area contributed by atoms with Crippen molar-refractivity contribution in [1.29, 1.82) is 0 Å². The smallest absolute Gasteiger partial charge is 0.338 e. The number of carbonyl (C=O) groups excluding carboxylic acids is 1. The number of aromatic hydroxyl groups is 1. The Morgan fingerprint density at radius 1 is 1.19 bits per heavy atom. The van der Waals surface area contributed by atoms with Crippen molar-refractivity contribution in [1.82, 2.24) is 4.57 Å². The number of esters is 1. The SMILES string of the molecule is CCOC(=O)C1=C(C)N=c2s/c(=C\c3cc(I)c(O)c(I)c3)c(=O)n2[C@@H]1c1ccc(OC)cc1OC. The number of hydrogen-bond donors (Lipinski definition) is 1. The number of aromatic nitrogens is 1. The van der Waals surface area contributed by atoms with Gasteiger partial charge in [-0.25, -0.2) is 9.79 Å². The van der Waals surface area contributed by atoms with Crippen LogP contribution in [0, 0.1) is 7.14 Å². The van der Waals surface area contributed by atoms with Crippen LogP contribution in [0.3, 0.4) is 0 Å². The van der Waals surface area contributed by atoms with Crippen molar-refractivity contribution in [3.05, 3.63) is 79.6 Å². The Hall–Kier alpha value is -2.39. The number of rotatable bonds is 6. The summed E-state index contributed by atoms with van der Waals surface area (Å²) < 4.78 is 19.6. The van der Waals surface area contributed by atoms with E-state index in [9.17, 15) is 14.7 Å². The third-order valence-corrected chi connectivity index (χ3v) is 8.22. The van der Waals surface area contributed by atoms with Crippen LogP contribution >= 0.6 is 56.5 Å². The van der Waals surface area contributed by atoms with E-state index in [4.69, 9.17) is 14.2 Å². The number of halogens is 2. The van der Waals surface area contributed by atoms with Gasteiger partial charge in [0.05, 0.1) is 43.8 Å². The second-order valence-corrected chi connectivity index (χ2v) is 11.1. The fourth-order valence-corrected chi connectivity index (χ4v) is 6.81. The zero-order chi connectivity index (χ0) is 26.1. The standard InChI is InChI=1S/C25H22I2N2O6S/c1-5-35-24(32)20-12(2)28-25-29(21(20)15-7-6-14(33-3)11-18(15)34-4)23(31)19(36-25)10-13-8-16(26)22(30)17(27)9-13/h6-11,21,30H,5H2,1-4H3/b19-10-/t21-/m1/s1. The molecule has 3 aromatic rings. The highest BCUT2D eigenvalue weighted by molar-refractivity contribution is 14.1. The summed E-state index contributed by atoms with van der Waals surface area (Å²) in [5, 5.41) is 10.1. The van der Waals surface area contributed by atoms with E-state index < -0.39 is 12.0 Å². The van der Waals surface area contributed by atoms with E-state index in [2.05, 4.69) is 50.2 Å². The summed E-state index contributed by atoms with van der Waals surface area (Å²) in [6, 6.07) is 8.05. The quantitative estimate of drug-likeness (QED) is 0.307. The highest BCUT2D eigenvalue weighted by Gasteiger charge is 2.35. The van der Waals surface area contributed by atoms with Crippen molar-refractivity contribution in [2.24, 2.45) is 4.99 Å². The molecule has 2 aromatic carbocycles. The molecule has 188 valence electrons. The molecular weight excluding hydrogens is 710 g/mol. The number of allylic oxidation sites excluding steroid dienone is 1. The van der Waals surface area contributed by atoms with Crippen LogP contribution in [0.1, 0.15) is 31.0 Å². The average Bonchev–Trinajstić information content (AvgIpc) is 3.15. The maximum Gasteiger partial charge on any atom is 0.338 e. The minimum atomic E-state index is -0.802. The van der Waals surface area contributed by atoms with Gasteiger partial charge in [0.15, 0.2) is 4.80 Å². The van der Waals surface area contributed by atoms with Crippen molar-refractivity contribution in [3.8, 4) is 17.2 Å². The van der Waals surface area contributed by atoms with Crippen molar-refractivity contribution >= 4 is 68.6 Å². The van der Waals surface area contributed by atoms with Crippen molar-refractivity contribution in [2.45, 2.75) is 19.9 Å². The molecule has 0 spiro atoms. The largest absolute Gasteiger partial charge is 0.506 e. The van der Waals surface area contributed by atoms with E-state index >= 15 is 0 Å². The number of phenolic OH excluding ortho intramolecular Hbond substituents is 1. The maximum absolute atomic E-state index is 13.8. The zero-order valence-corrected chi connectivity index (χ0v) is 24.9. The van der Waals surface area contributed by atoms with E-state index in [1.54, 1.807) is 57.4 Å². The molecule has 0 bridgehead atoms. The molecule has 11 heteroatoms. The predicted octanol–water partition coefficient (Wildman–Crippen LogP) is 3.73. The number of thiazole rings is 1. The number of carbonyl (C=O) groups is 1. The summed E-state index contributed by atoms with van der Waals surface area (Å²) in [6.45, 7) is 3.65. The lowest BCUT2D eigenvalue weighted by molar-refractivity contribution is -0.139. The maximum atomic E-state index is 13.8. The molecule has 36 heavy (non-hydrogen) atoms. The molecular formula is C25H22I2N2O6S. The number of phenols is 1. The van der Waals surface area contributed by atoms with Gasteiger partial charge in [0.1, 0.15) is 23.3 Å². The van der Waals surface area contributed by atoms with E-state index in [0.717, 1.165) is 5.56 Å². The van der Waals surface area contributed by atoms with E-state index in [0.29, 0.717) is 39.2 Å². The summed E-state index contributed by atoms with van der Waals surface area (Å²) in [5.41, 5.74) is 1.82. The summed E-state index contributed by atoms with van der Waals surface area (Å²) in [6.07, 6.45) is 1.76. The Balaban J connectivity index is 2.00. The number of benzene rings is 2. The second-order valence-electron chi connectivity index (χ2n) is 7.74. The van der Waals surface area contributed by atoms with Gasteiger partial charge in [-0.05, 0) is 94.9 Å². The monoisotopic (exact) mass is 732 g/mol. The Kier molecular flexibility index (Phi) is 8.09. The van der Waals surface area contributed by atoms with Gasteiger partial charge in [-0.3, -0.25) is 9.36 Å². The Morgan fingerprint density at radius 2 is 1.89 bits per heavy atom. The van der Waals surface area contributed by atoms with E-state index in [1.165, 1.54) is 23.0 Å². The van der Waals surface area contributed by atoms with Crippen molar-refractivity contribution < 1.29 is 24.1 Å². The predicted molar refractivity (Wildman–Crippen MR) is 153 cm³/mol. The van der Waals surface area contributed by atoms with Crippen molar-refractivity contribution in [3.63, 3.8) is 0 Å². The Morgan fingerprint density at radius 3 is 2.50 bits per heavy atom. The van der Waals surface area contributed by atoms with Crippen LogP contribution in [0.2, 0.25) is 0 Å². The molecule has 8 nitrogen and oxygen atoms in total. The Bertz CT molecular complexity index is 1550. The van der Waals surface area contributed by atoms with Gasteiger partial charge in [0, 0.05) is 11.6 Å². The number of ether oxygens (including phenoxy) is 3. The highest BCUT2D eigenvalue weighted by atomic mass is 127. The van der Waals surface area contributed by atoms with Crippen LogP contribution < -0.4 is 24.4 Å². The molecule has 0 saturated carbocycles. The molecule has 2 heterocycles.